The lowest BCUT2D eigenvalue weighted by molar-refractivity contribution is 0.0694. The standard InChI is InChI=1S/C13H9ClFNO5S/c14-10-6-8(2-4-11(10)15)22(20,21)16-7-1-3-9(13(18)19)12(17)5-7/h1-6,16-17H,(H,18,19). The molecule has 0 bridgehead atoms. The van der Waals surface area contributed by atoms with E-state index in [0.717, 1.165) is 30.3 Å². The minimum atomic E-state index is -4.06. The third-order valence-corrected chi connectivity index (χ3v) is 4.35. The number of rotatable bonds is 4. The van der Waals surface area contributed by atoms with E-state index >= 15 is 0 Å². The summed E-state index contributed by atoms with van der Waals surface area (Å²) in [5, 5.41) is 17.9. The molecule has 3 N–H and O–H groups in total. The summed E-state index contributed by atoms with van der Waals surface area (Å²) in [5.41, 5.74) is -0.421. The maximum atomic E-state index is 13.1. The van der Waals surface area contributed by atoms with Crippen molar-refractivity contribution in [3.8, 4) is 5.75 Å². The van der Waals surface area contributed by atoms with Crippen LogP contribution in [0.2, 0.25) is 5.02 Å². The van der Waals surface area contributed by atoms with Gasteiger partial charge >= 0.3 is 5.97 Å². The summed E-state index contributed by atoms with van der Waals surface area (Å²) in [6, 6.07) is 6.03. The van der Waals surface area contributed by atoms with Crippen LogP contribution in [0.4, 0.5) is 10.1 Å². The molecule has 0 saturated carbocycles. The average Bonchev–Trinajstić information content (AvgIpc) is 2.40. The van der Waals surface area contributed by atoms with Crippen LogP contribution in [-0.4, -0.2) is 24.6 Å². The second-order valence-electron chi connectivity index (χ2n) is 4.22. The van der Waals surface area contributed by atoms with Gasteiger partial charge in [-0.05, 0) is 30.3 Å². The lowest BCUT2D eigenvalue weighted by Gasteiger charge is -2.09. The van der Waals surface area contributed by atoms with Crippen LogP contribution in [0, 0.1) is 5.82 Å². The summed E-state index contributed by atoms with van der Waals surface area (Å²) >= 11 is 5.53. The Hall–Kier alpha value is -2.32. The maximum Gasteiger partial charge on any atom is 0.339 e. The highest BCUT2D eigenvalue weighted by Gasteiger charge is 2.17. The van der Waals surface area contributed by atoms with Gasteiger partial charge in [-0.15, -0.1) is 0 Å². The quantitative estimate of drug-likeness (QED) is 0.790. The van der Waals surface area contributed by atoms with Gasteiger partial charge in [-0.2, -0.15) is 0 Å². The number of hydrogen-bond donors (Lipinski definition) is 3. The van der Waals surface area contributed by atoms with Crippen LogP contribution in [0.1, 0.15) is 10.4 Å². The molecular weight excluding hydrogens is 337 g/mol. The zero-order chi connectivity index (χ0) is 16.5. The topological polar surface area (TPSA) is 104 Å². The first-order valence-corrected chi connectivity index (χ1v) is 7.61. The fraction of sp³-hybridized carbons (Fsp3) is 0. The molecule has 2 aromatic carbocycles. The van der Waals surface area contributed by atoms with Crippen LogP contribution >= 0.6 is 11.6 Å². The van der Waals surface area contributed by atoms with Crippen LogP contribution in [0.25, 0.3) is 0 Å². The molecule has 6 nitrogen and oxygen atoms in total. The van der Waals surface area contributed by atoms with Crippen LogP contribution in [0.15, 0.2) is 41.3 Å². The smallest absolute Gasteiger partial charge is 0.339 e. The molecule has 116 valence electrons. The van der Waals surface area contributed by atoms with Crippen molar-refractivity contribution >= 4 is 33.3 Å². The van der Waals surface area contributed by atoms with Gasteiger partial charge in [0.25, 0.3) is 10.0 Å². The van der Waals surface area contributed by atoms with Crippen molar-refractivity contribution in [1.29, 1.82) is 0 Å². The predicted molar refractivity (Wildman–Crippen MR) is 77.3 cm³/mol. The summed E-state index contributed by atoms with van der Waals surface area (Å²) in [6.07, 6.45) is 0. The highest BCUT2D eigenvalue weighted by Crippen LogP contribution is 2.25. The molecule has 0 amide bonds. The Labute approximate surface area is 129 Å². The Morgan fingerprint density at radius 2 is 1.86 bits per heavy atom. The molecular formula is C13H9ClFNO5S. The second kappa shape index (κ2) is 5.82. The third kappa shape index (κ3) is 3.29. The molecule has 0 unspecified atom stereocenters. The summed E-state index contributed by atoms with van der Waals surface area (Å²) in [4.78, 5) is 10.5. The molecule has 9 heteroatoms. The van der Waals surface area contributed by atoms with E-state index in [4.69, 9.17) is 16.7 Å². The lowest BCUT2D eigenvalue weighted by Crippen LogP contribution is -2.13. The SMILES string of the molecule is O=C(O)c1ccc(NS(=O)(=O)c2ccc(F)c(Cl)c2)cc1O. The van der Waals surface area contributed by atoms with Crippen LogP contribution in [0.3, 0.4) is 0 Å². The minimum absolute atomic E-state index is 0.0528. The number of halogens is 2. The Morgan fingerprint density at radius 1 is 1.18 bits per heavy atom. The first-order valence-electron chi connectivity index (χ1n) is 5.75. The van der Waals surface area contributed by atoms with Crippen molar-refractivity contribution in [2.75, 3.05) is 4.72 Å². The van der Waals surface area contributed by atoms with Crippen LogP contribution in [0.5, 0.6) is 5.75 Å². The first-order chi connectivity index (χ1) is 10.2. The van der Waals surface area contributed by atoms with Gasteiger partial charge in [-0.1, -0.05) is 11.6 Å². The number of aromatic carboxylic acids is 1. The Morgan fingerprint density at radius 3 is 2.41 bits per heavy atom. The van der Waals surface area contributed by atoms with Gasteiger partial charge in [0.05, 0.1) is 15.6 Å². The zero-order valence-corrected chi connectivity index (χ0v) is 12.3. The van der Waals surface area contributed by atoms with E-state index in [0.29, 0.717) is 0 Å². The molecule has 0 spiro atoms. The number of carboxylic acid groups (broad SMARTS) is 1. The van der Waals surface area contributed by atoms with E-state index in [1.54, 1.807) is 0 Å². The minimum Gasteiger partial charge on any atom is -0.507 e. The van der Waals surface area contributed by atoms with Gasteiger partial charge in [-0.3, -0.25) is 4.72 Å². The molecule has 2 rings (SSSR count). The predicted octanol–water partition coefficient (Wildman–Crippen LogP) is 2.68. The number of carboxylic acids is 1. The van der Waals surface area contributed by atoms with Crippen molar-refractivity contribution < 1.29 is 27.8 Å². The normalized spacial score (nSPS) is 11.2. The van der Waals surface area contributed by atoms with E-state index in [1.165, 1.54) is 6.07 Å². The number of anilines is 1. The van der Waals surface area contributed by atoms with Gasteiger partial charge < -0.3 is 10.2 Å². The average molecular weight is 346 g/mol. The number of carbonyl (C=O) groups is 1. The molecule has 0 aromatic heterocycles. The Balaban J connectivity index is 2.34. The van der Waals surface area contributed by atoms with E-state index in [9.17, 15) is 22.7 Å². The molecule has 0 saturated heterocycles. The lowest BCUT2D eigenvalue weighted by atomic mass is 10.2. The van der Waals surface area contributed by atoms with Gasteiger partial charge in [0.1, 0.15) is 17.1 Å². The number of phenols is 1. The van der Waals surface area contributed by atoms with E-state index in [-0.39, 0.29) is 21.2 Å². The number of hydrogen-bond acceptors (Lipinski definition) is 4. The summed E-state index contributed by atoms with van der Waals surface area (Å²) < 4.78 is 39.4. The molecule has 0 radical (unpaired) electrons. The van der Waals surface area contributed by atoms with Crippen LogP contribution < -0.4 is 4.72 Å². The van der Waals surface area contributed by atoms with E-state index in [2.05, 4.69) is 4.72 Å². The zero-order valence-electron chi connectivity index (χ0n) is 10.7. The maximum absolute atomic E-state index is 13.1. The van der Waals surface area contributed by atoms with Gasteiger partial charge in [0.2, 0.25) is 0 Å². The van der Waals surface area contributed by atoms with E-state index < -0.39 is 27.6 Å². The number of nitrogens with one attached hydrogen (secondary N) is 1. The highest BCUT2D eigenvalue weighted by atomic mass is 35.5. The van der Waals surface area contributed by atoms with Gasteiger partial charge in [0.15, 0.2) is 0 Å². The Kier molecular flexibility index (Phi) is 4.25. The van der Waals surface area contributed by atoms with Crippen molar-refractivity contribution in [2.45, 2.75) is 4.90 Å². The summed E-state index contributed by atoms with van der Waals surface area (Å²) in [6.45, 7) is 0. The van der Waals surface area contributed by atoms with Gasteiger partial charge in [-0.25, -0.2) is 17.6 Å². The van der Waals surface area contributed by atoms with Gasteiger partial charge in [0, 0.05) is 6.07 Å². The third-order valence-electron chi connectivity index (χ3n) is 2.68. The molecule has 0 fully saturated rings. The molecule has 22 heavy (non-hydrogen) atoms. The van der Waals surface area contributed by atoms with Crippen molar-refractivity contribution in [2.24, 2.45) is 0 Å². The fourth-order valence-electron chi connectivity index (χ4n) is 1.63. The second-order valence-corrected chi connectivity index (χ2v) is 6.31. The Bertz CT molecular complexity index is 854. The summed E-state index contributed by atoms with van der Waals surface area (Å²) in [5.74, 6) is -2.70. The van der Waals surface area contributed by atoms with Crippen molar-refractivity contribution in [1.82, 2.24) is 0 Å². The largest absolute Gasteiger partial charge is 0.507 e. The molecule has 0 heterocycles. The molecule has 0 aliphatic heterocycles. The monoisotopic (exact) mass is 345 g/mol. The summed E-state index contributed by atoms with van der Waals surface area (Å²) in [7, 11) is -4.06. The van der Waals surface area contributed by atoms with Crippen molar-refractivity contribution in [3.63, 3.8) is 0 Å². The molecule has 0 aliphatic rings. The van der Waals surface area contributed by atoms with Crippen molar-refractivity contribution in [3.05, 3.63) is 52.8 Å². The fourth-order valence-corrected chi connectivity index (χ4v) is 2.95. The molecule has 0 atom stereocenters. The first kappa shape index (κ1) is 16.1. The molecule has 0 aliphatic carbocycles. The number of sulfonamides is 1. The number of benzene rings is 2. The van der Waals surface area contributed by atoms with Crippen LogP contribution in [-0.2, 0) is 10.0 Å². The number of aromatic hydroxyl groups is 1. The highest BCUT2D eigenvalue weighted by molar-refractivity contribution is 7.92. The van der Waals surface area contributed by atoms with E-state index in [1.807, 2.05) is 0 Å². The molecule has 2 aromatic rings.